The predicted octanol–water partition coefficient (Wildman–Crippen LogP) is 6.95. The first-order chi connectivity index (χ1) is 13.3. The monoisotopic (exact) mass is 362 g/mol. The molecule has 3 heteroatoms. The summed E-state index contributed by atoms with van der Waals surface area (Å²) in [6.07, 6.45) is 11.1. The van der Waals surface area contributed by atoms with Crippen molar-refractivity contribution in [3.63, 3.8) is 0 Å². The highest BCUT2D eigenvalue weighted by Gasteiger charge is 2.16. The Balaban J connectivity index is 1.80. The number of fused-ring (bicyclic) bond motifs is 2. The van der Waals surface area contributed by atoms with Crippen molar-refractivity contribution in [2.45, 2.75) is 57.8 Å². The van der Waals surface area contributed by atoms with Crippen molar-refractivity contribution in [3.05, 3.63) is 65.6 Å². The maximum Gasteiger partial charge on any atom is 0.123 e. The van der Waals surface area contributed by atoms with Crippen LogP contribution < -0.4 is 5.32 Å². The number of benzene rings is 2. The van der Waals surface area contributed by atoms with E-state index in [1.807, 2.05) is 12.1 Å². The summed E-state index contributed by atoms with van der Waals surface area (Å²) in [5, 5.41) is 4.74. The SMILES string of the molecule is Fc1ccc(Nc2c3c(nc4ccccc24)CCCCCCCCC3)cc1. The standard InChI is InChI=1S/C24H27FN2/c25-18-14-16-19(17-15-18)26-24-20-10-6-4-2-1-3-5-7-12-22(20)27-23-13-9-8-11-21(23)24/h8-9,11,13-17H,1-7,10,12H2,(H,26,27). The van der Waals surface area contributed by atoms with E-state index in [4.69, 9.17) is 4.98 Å². The zero-order valence-electron chi connectivity index (χ0n) is 15.8. The number of anilines is 2. The van der Waals surface area contributed by atoms with Gasteiger partial charge in [0.2, 0.25) is 0 Å². The molecule has 140 valence electrons. The molecule has 0 saturated heterocycles. The van der Waals surface area contributed by atoms with E-state index in [2.05, 4.69) is 29.6 Å². The van der Waals surface area contributed by atoms with Crippen LogP contribution in [0.1, 0.15) is 56.2 Å². The molecule has 0 aliphatic heterocycles. The van der Waals surface area contributed by atoms with Gasteiger partial charge >= 0.3 is 0 Å². The average molecular weight is 362 g/mol. The van der Waals surface area contributed by atoms with E-state index in [0.29, 0.717) is 0 Å². The largest absolute Gasteiger partial charge is 0.355 e. The molecule has 0 unspecified atom stereocenters. The van der Waals surface area contributed by atoms with Crippen molar-refractivity contribution in [2.75, 3.05) is 5.32 Å². The average Bonchev–Trinajstić information content (AvgIpc) is 2.74. The quantitative estimate of drug-likeness (QED) is 0.534. The van der Waals surface area contributed by atoms with E-state index in [1.54, 1.807) is 0 Å². The van der Waals surface area contributed by atoms with Gasteiger partial charge in [0.1, 0.15) is 5.82 Å². The Bertz CT molecular complexity index is 902. The van der Waals surface area contributed by atoms with E-state index < -0.39 is 0 Å². The Morgan fingerprint density at radius 1 is 0.741 bits per heavy atom. The number of para-hydroxylation sites is 1. The maximum atomic E-state index is 13.3. The fraction of sp³-hybridized carbons (Fsp3) is 0.375. The number of nitrogens with zero attached hydrogens (tertiary/aromatic N) is 1. The van der Waals surface area contributed by atoms with Crippen molar-refractivity contribution in [1.29, 1.82) is 0 Å². The van der Waals surface area contributed by atoms with Crippen LogP contribution in [-0.4, -0.2) is 4.98 Å². The molecule has 27 heavy (non-hydrogen) atoms. The second kappa shape index (κ2) is 8.51. The summed E-state index contributed by atoms with van der Waals surface area (Å²) >= 11 is 0. The highest BCUT2D eigenvalue weighted by molar-refractivity contribution is 5.95. The summed E-state index contributed by atoms with van der Waals surface area (Å²) < 4.78 is 13.3. The van der Waals surface area contributed by atoms with E-state index in [1.165, 1.54) is 68.3 Å². The molecule has 1 heterocycles. The van der Waals surface area contributed by atoms with Crippen LogP contribution in [0.2, 0.25) is 0 Å². The fourth-order valence-electron chi connectivity index (χ4n) is 4.08. The van der Waals surface area contributed by atoms with Crippen LogP contribution in [0.5, 0.6) is 0 Å². The maximum absolute atomic E-state index is 13.3. The van der Waals surface area contributed by atoms with Gasteiger partial charge in [0.15, 0.2) is 0 Å². The minimum atomic E-state index is -0.209. The summed E-state index contributed by atoms with van der Waals surface area (Å²) in [7, 11) is 0. The molecule has 2 aromatic carbocycles. The third-order valence-corrected chi connectivity index (χ3v) is 5.53. The third-order valence-electron chi connectivity index (χ3n) is 5.53. The Labute approximate surface area is 160 Å². The smallest absolute Gasteiger partial charge is 0.123 e. The minimum Gasteiger partial charge on any atom is -0.355 e. The molecule has 0 bridgehead atoms. The normalized spacial score (nSPS) is 15.7. The highest BCUT2D eigenvalue weighted by Crippen LogP contribution is 2.33. The van der Waals surface area contributed by atoms with Gasteiger partial charge in [0, 0.05) is 16.8 Å². The molecule has 0 amide bonds. The van der Waals surface area contributed by atoms with Crippen molar-refractivity contribution in [1.82, 2.24) is 4.98 Å². The van der Waals surface area contributed by atoms with Gasteiger partial charge < -0.3 is 5.32 Å². The predicted molar refractivity (Wildman–Crippen MR) is 111 cm³/mol. The van der Waals surface area contributed by atoms with Gasteiger partial charge in [0.05, 0.1) is 11.2 Å². The first-order valence-electron chi connectivity index (χ1n) is 10.2. The van der Waals surface area contributed by atoms with Gasteiger partial charge in [-0.2, -0.15) is 0 Å². The zero-order chi connectivity index (χ0) is 18.5. The van der Waals surface area contributed by atoms with Crippen LogP contribution in [0.4, 0.5) is 15.8 Å². The number of pyridine rings is 1. The van der Waals surface area contributed by atoms with Crippen LogP contribution in [0, 0.1) is 5.82 Å². The van der Waals surface area contributed by atoms with Gasteiger partial charge in [-0.15, -0.1) is 0 Å². The fourth-order valence-corrected chi connectivity index (χ4v) is 4.08. The van der Waals surface area contributed by atoms with Gasteiger partial charge in [0.25, 0.3) is 0 Å². The van der Waals surface area contributed by atoms with Crippen LogP contribution in [0.25, 0.3) is 10.9 Å². The Morgan fingerprint density at radius 3 is 2.19 bits per heavy atom. The number of halogens is 1. The molecule has 0 saturated carbocycles. The minimum absolute atomic E-state index is 0.209. The summed E-state index contributed by atoms with van der Waals surface area (Å²) in [5.41, 5.74) is 5.70. The number of rotatable bonds is 2. The van der Waals surface area contributed by atoms with Crippen molar-refractivity contribution in [2.24, 2.45) is 0 Å². The molecule has 0 atom stereocenters. The second-order valence-corrected chi connectivity index (χ2v) is 7.54. The summed E-state index contributed by atoms with van der Waals surface area (Å²) in [6.45, 7) is 0. The number of aromatic nitrogens is 1. The van der Waals surface area contributed by atoms with E-state index >= 15 is 0 Å². The molecule has 4 rings (SSSR count). The third kappa shape index (κ3) is 4.29. The van der Waals surface area contributed by atoms with Crippen molar-refractivity contribution < 1.29 is 4.39 Å². The number of aryl methyl sites for hydroxylation is 1. The lowest BCUT2D eigenvalue weighted by atomic mass is 9.97. The Kier molecular flexibility index (Phi) is 5.66. The molecule has 1 N–H and O–H groups in total. The van der Waals surface area contributed by atoms with Gasteiger partial charge in [-0.25, -0.2) is 4.39 Å². The summed E-state index contributed by atoms with van der Waals surface area (Å²) in [6, 6.07) is 15.0. The number of hydrogen-bond acceptors (Lipinski definition) is 2. The van der Waals surface area contributed by atoms with Gasteiger partial charge in [-0.3, -0.25) is 4.98 Å². The van der Waals surface area contributed by atoms with E-state index in [9.17, 15) is 4.39 Å². The molecule has 1 aliphatic carbocycles. The van der Waals surface area contributed by atoms with Crippen LogP contribution in [-0.2, 0) is 12.8 Å². The molecule has 0 radical (unpaired) electrons. The van der Waals surface area contributed by atoms with E-state index in [-0.39, 0.29) is 5.82 Å². The second-order valence-electron chi connectivity index (χ2n) is 7.54. The molecule has 2 nitrogen and oxygen atoms in total. The highest BCUT2D eigenvalue weighted by atomic mass is 19.1. The Morgan fingerprint density at radius 2 is 1.41 bits per heavy atom. The summed E-state index contributed by atoms with van der Waals surface area (Å²) in [5.74, 6) is -0.209. The Hall–Kier alpha value is -2.42. The van der Waals surface area contributed by atoms with Crippen LogP contribution >= 0.6 is 0 Å². The van der Waals surface area contributed by atoms with Crippen molar-refractivity contribution in [3.8, 4) is 0 Å². The molecule has 1 aromatic heterocycles. The molecular weight excluding hydrogens is 335 g/mol. The summed E-state index contributed by atoms with van der Waals surface area (Å²) in [4.78, 5) is 5.04. The van der Waals surface area contributed by atoms with E-state index in [0.717, 1.165) is 35.1 Å². The number of hydrogen-bond donors (Lipinski definition) is 1. The lowest BCUT2D eigenvalue weighted by molar-refractivity contribution is 0.587. The molecular formula is C24H27FN2. The lowest BCUT2D eigenvalue weighted by Crippen LogP contribution is -2.05. The van der Waals surface area contributed by atoms with Gasteiger partial charge in [-0.1, -0.05) is 50.3 Å². The van der Waals surface area contributed by atoms with Gasteiger partial charge in [-0.05, 0) is 61.6 Å². The first-order valence-corrected chi connectivity index (χ1v) is 10.2. The topological polar surface area (TPSA) is 24.9 Å². The first kappa shape index (κ1) is 18.0. The lowest BCUT2D eigenvalue weighted by Gasteiger charge is -2.19. The molecule has 3 aromatic rings. The zero-order valence-corrected chi connectivity index (χ0v) is 15.8. The van der Waals surface area contributed by atoms with Crippen LogP contribution in [0.15, 0.2) is 48.5 Å². The van der Waals surface area contributed by atoms with Crippen molar-refractivity contribution >= 4 is 22.3 Å². The molecule has 1 aliphatic rings. The number of nitrogens with one attached hydrogen (secondary N) is 1. The molecule has 0 spiro atoms. The van der Waals surface area contributed by atoms with Crippen LogP contribution in [0.3, 0.4) is 0 Å². The molecule has 0 fully saturated rings.